The van der Waals surface area contributed by atoms with Gasteiger partial charge in [-0.2, -0.15) is 5.26 Å². The van der Waals surface area contributed by atoms with E-state index < -0.39 is 64.6 Å². The fourth-order valence-corrected chi connectivity index (χ4v) is 7.35. The molecule has 0 saturated carbocycles. The Kier molecular flexibility index (Phi) is 20.7. The van der Waals surface area contributed by atoms with Gasteiger partial charge in [0, 0.05) is 40.4 Å². The molecule has 3 aliphatic heterocycles. The summed E-state index contributed by atoms with van der Waals surface area (Å²) in [5, 5.41) is 30.5. The van der Waals surface area contributed by atoms with E-state index in [4.69, 9.17) is 34.2 Å². The highest BCUT2D eigenvalue weighted by atomic mass is 16.6. The number of piperidine rings is 3. The number of aliphatic hydroxyl groups is 2. The molecule has 17 heteroatoms. The van der Waals surface area contributed by atoms with Crippen molar-refractivity contribution in [1.82, 2.24) is 14.7 Å². The molecule has 3 aliphatic rings. The SMILES string of the molecule is CC(C)(C)OC(=O)N1CCC(=O)C(OCc2ccccc2)C1.CC(C)(C)OC(=O)N1CCC(O)(C#N)C(OCc2ccccc2)C1.CC(C)(C)OC(=O)N1CCC(O)(CN)C(OCc2ccccc2)C1.[2HH]. The Bertz CT molecular complexity index is 2160. The van der Waals surface area contributed by atoms with E-state index in [-0.39, 0.29) is 53.0 Å². The Labute approximate surface area is 415 Å². The molecular formula is C53H77N5O12. The lowest BCUT2D eigenvalue weighted by Gasteiger charge is -2.43. The number of nitriles is 1. The third kappa shape index (κ3) is 19.0. The number of benzene rings is 3. The minimum atomic E-state index is -1.60. The molecule has 3 saturated heterocycles. The Morgan fingerprint density at radius 1 is 0.614 bits per heavy atom. The van der Waals surface area contributed by atoms with Gasteiger partial charge in [0.1, 0.15) is 46.8 Å². The number of hydrogen-bond donors (Lipinski definition) is 3. The van der Waals surface area contributed by atoms with Gasteiger partial charge in [-0.3, -0.25) is 4.79 Å². The molecule has 3 heterocycles. The van der Waals surface area contributed by atoms with Crippen LogP contribution < -0.4 is 5.73 Å². The molecule has 17 nitrogen and oxygen atoms in total. The van der Waals surface area contributed by atoms with E-state index in [0.29, 0.717) is 39.1 Å². The molecule has 5 atom stereocenters. The van der Waals surface area contributed by atoms with Gasteiger partial charge in [0.05, 0.1) is 39.5 Å². The third-order valence-corrected chi connectivity index (χ3v) is 11.2. The number of nitrogens with zero attached hydrogens (tertiary/aromatic N) is 4. The van der Waals surface area contributed by atoms with Crippen LogP contribution in [0.4, 0.5) is 14.4 Å². The summed E-state index contributed by atoms with van der Waals surface area (Å²) in [6.07, 6.45) is -2.38. The first kappa shape index (κ1) is 57.0. The zero-order valence-corrected chi connectivity index (χ0v) is 42.4. The van der Waals surface area contributed by atoms with Crippen LogP contribution in [0.2, 0.25) is 0 Å². The molecule has 6 rings (SSSR count). The van der Waals surface area contributed by atoms with Crippen LogP contribution >= 0.6 is 0 Å². The van der Waals surface area contributed by atoms with Gasteiger partial charge in [0.25, 0.3) is 0 Å². The minimum Gasteiger partial charge on any atom is -0.444 e. The first-order valence-electron chi connectivity index (χ1n) is 23.8. The lowest BCUT2D eigenvalue weighted by atomic mass is 9.88. The third-order valence-electron chi connectivity index (χ3n) is 11.2. The minimum absolute atomic E-state index is 0. The Balaban J connectivity index is 0.000000280. The lowest BCUT2D eigenvalue weighted by molar-refractivity contribution is -0.144. The van der Waals surface area contributed by atoms with E-state index in [1.807, 2.05) is 139 Å². The second-order valence-corrected chi connectivity index (χ2v) is 20.7. The summed E-state index contributed by atoms with van der Waals surface area (Å²) in [4.78, 5) is 53.1. The number of ether oxygens (including phenoxy) is 6. The maximum absolute atomic E-state index is 12.3. The molecule has 0 bridgehead atoms. The van der Waals surface area contributed by atoms with Crippen LogP contribution in [-0.2, 0) is 53.0 Å². The lowest BCUT2D eigenvalue weighted by Crippen LogP contribution is -2.61. The van der Waals surface area contributed by atoms with Crippen LogP contribution in [0.3, 0.4) is 0 Å². The number of rotatable bonds is 10. The predicted octanol–water partition coefficient (Wildman–Crippen LogP) is 7.40. The van der Waals surface area contributed by atoms with Crippen molar-refractivity contribution in [3.8, 4) is 6.07 Å². The standard InChI is InChI=1S/C18H28N2O4.C18H24N2O4.C17H23NO4.H2/c2*1-17(2,3)24-16(21)20-10-9-18(22,13-19)15(11-20)23-12-14-7-5-4-6-8-14;1-17(2,3)22-16(20)18-10-9-14(19)15(11-18)21-12-13-7-5-4-6-8-13;/h4-8,15,22H,9-13,19H2,1-3H3;4-8,15,22H,9-12H2,1-3H3;4-8,15H,9-12H2,1-3H3;1H/i;;;1+1. The molecule has 4 N–H and O–H groups in total. The second kappa shape index (κ2) is 25.5. The molecule has 0 radical (unpaired) electrons. The van der Waals surface area contributed by atoms with Crippen molar-refractivity contribution in [2.45, 2.75) is 148 Å². The average molecular weight is 977 g/mol. The van der Waals surface area contributed by atoms with Gasteiger partial charge < -0.3 is 59.1 Å². The summed E-state index contributed by atoms with van der Waals surface area (Å²) in [6.45, 7) is 19.1. The molecule has 3 fully saturated rings. The molecule has 5 unspecified atom stereocenters. The van der Waals surface area contributed by atoms with Gasteiger partial charge in [0.2, 0.25) is 0 Å². The highest BCUT2D eigenvalue weighted by Gasteiger charge is 2.46. The molecule has 3 aromatic carbocycles. The van der Waals surface area contributed by atoms with Crippen molar-refractivity contribution < 1.29 is 59.2 Å². The Morgan fingerprint density at radius 2 is 0.986 bits per heavy atom. The van der Waals surface area contributed by atoms with Crippen molar-refractivity contribution in [3.05, 3.63) is 108 Å². The van der Waals surface area contributed by atoms with E-state index in [0.717, 1.165) is 16.7 Å². The van der Waals surface area contributed by atoms with E-state index in [1.165, 1.54) is 4.90 Å². The molecule has 0 spiro atoms. The molecule has 0 aliphatic carbocycles. The van der Waals surface area contributed by atoms with Crippen LogP contribution in [0.15, 0.2) is 91.0 Å². The topological polar surface area (TPSA) is 224 Å². The molecule has 3 amide bonds. The van der Waals surface area contributed by atoms with Gasteiger partial charge in [0.15, 0.2) is 11.4 Å². The normalized spacial score (nSPS) is 22.8. The Morgan fingerprint density at radius 3 is 1.39 bits per heavy atom. The maximum atomic E-state index is 12.3. The van der Waals surface area contributed by atoms with Gasteiger partial charge in [-0.05, 0) is 85.4 Å². The van der Waals surface area contributed by atoms with E-state index in [1.54, 1.807) is 30.6 Å². The van der Waals surface area contributed by atoms with Crippen LogP contribution in [0, 0.1) is 11.3 Å². The maximum Gasteiger partial charge on any atom is 0.410 e. The molecule has 386 valence electrons. The largest absolute Gasteiger partial charge is 0.444 e. The second-order valence-electron chi connectivity index (χ2n) is 20.7. The number of hydrogen-bond acceptors (Lipinski definition) is 14. The quantitative estimate of drug-likeness (QED) is 0.133. The summed E-state index contributed by atoms with van der Waals surface area (Å²) in [7, 11) is 0. The fourth-order valence-electron chi connectivity index (χ4n) is 7.35. The summed E-state index contributed by atoms with van der Waals surface area (Å²) in [5.41, 5.74) is 4.27. The molecule has 0 aromatic heterocycles. The Hall–Kier alpha value is -5.61. The summed E-state index contributed by atoms with van der Waals surface area (Å²) >= 11 is 0. The predicted molar refractivity (Wildman–Crippen MR) is 264 cm³/mol. The monoisotopic (exact) mass is 977 g/mol. The zero-order valence-electron chi connectivity index (χ0n) is 42.4. The first-order valence-corrected chi connectivity index (χ1v) is 23.8. The van der Waals surface area contributed by atoms with Crippen molar-refractivity contribution in [2.75, 3.05) is 45.8 Å². The van der Waals surface area contributed by atoms with Gasteiger partial charge in [-0.25, -0.2) is 14.4 Å². The van der Waals surface area contributed by atoms with Crippen molar-refractivity contribution in [3.63, 3.8) is 0 Å². The van der Waals surface area contributed by atoms with Crippen LogP contribution in [0.25, 0.3) is 0 Å². The number of carbonyl (C=O) groups is 4. The molecule has 3 aromatic rings. The molecular weight excluding hydrogens is 899 g/mol. The van der Waals surface area contributed by atoms with Gasteiger partial charge >= 0.3 is 18.3 Å². The summed E-state index contributed by atoms with van der Waals surface area (Å²) < 4.78 is 33.5. The fraction of sp³-hybridized carbons (Fsp3) is 0.566. The van der Waals surface area contributed by atoms with E-state index in [2.05, 4.69) is 0 Å². The van der Waals surface area contributed by atoms with Gasteiger partial charge in [-0.1, -0.05) is 91.0 Å². The number of likely N-dealkylation sites (tertiary alicyclic amines) is 3. The molecule has 70 heavy (non-hydrogen) atoms. The average Bonchev–Trinajstić information content (AvgIpc) is 3.30. The van der Waals surface area contributed by atoms with Gasteiger partial charge in [-0.15, -0.1) is 0 Å². The number of ketones is 1. The smallest absolute Gasteiger partial charge is 0.410 e. The summed E-state index contributed by atoms with van der Waals surface area (Å²) in [5.74, 6) is 0.0377. The van der Waals surface area contributed by atoms with Crippen molar-refractivity contribution in [2.24, 2.45) is 5.73 Å². The van der Waals surface area contributed by atoms with E-state index in [9.17, 15) is 34.7 Å². The highest BCUT2D eigenvalue weighted by Crippen LogP contribution is 2.28. The first-order chi connectivity index (χ1) is 32.8. The number of nitrogens with two attached hydrogens (primary N) is 1. The van der Waals surface area contributed by atoms with Crippen molar-refractivity contribution in [1.29, 1.82) is 5.26 Å². The highest BCUT2D eigenvalue weighted by molar-refractivity contribution is 5.86. The van der Waals surface area contributed by atoms with Crippen LogP contribution in [0.5, 0.6) is 0 Å². The van der Waals surface area contributed by atoms with E-state index >= 15 is 0 Å². The van der Waals surface area contributed by atoms with Crippen molar-refractivity contribution >= 4 is 24.1 Å². The number of carbonyl (C=O) groups excluding carboxylic acids is 4. The summed E-state index contributed by atoms with van der Waals surface area (Å²) in [6, 6.07) is 30.8. The number of amides is 3. The zero-order chi connectivity index (χ0) is 51.8. The van der Waals surface area contributed by atoms with Crippen LogP contribution in [-0.4, -0.2) is 141 Å². The number of Topliss-reactive ketones (excluding diaryl/α,β-unsaturated/α-hetero) is 1. The van der Waals surface area contributed by atoms with Crippen LogP contribution in [0.1, 0.15) is 99.7 Å².